The Kier molecular flexibility index (Phi) is 9.54. The van der Waals surface area contributed by atoms with Gasteiger partial charge < -0.3 is 25.4 Å². The van der Waals surface area contributed by atoms with Gasteiger partial charge in [-0.2, -0.15) is 0 Å². The summed E-state index contributed by atoms with van der Waals surface area (Å²) >= 11 is 6.42. The molecule has 3 N–H and O–H groups in total. The molecule has 3 unspecified atom stereocenters. The first kappa shape index (κ1) is 30.3. The summed E-state index contributed by atoms with van der Waals surface area (Å²) in [6, 6.07) is 8.11. The fraction of sp³-hybridized carbons (Fsp3) is 0.500. The lowest BCUT2D eigenvalue weighted by Gasteiger charge is -2.36. The summed E-state index contributed by atoms with van der Waals surface area (Å²) < 4.78 is 5.45. The number of benzene rings is 2. The quantitative estimate of drug-likeness (QED) is 0.336. The third-order valence-electron chi connectivity index (χ3n) is 6.88. The minimum Gasteiger partial charge on any atom is -0.508 e. The number of alkyl carbamates (subject to hydrolysis) is 1. The van der Waals surface area contributed by atoms with Crippen LogP contribution in [-0.2, 0) is 14.3 Å². The molecule has 9 heteroatoms. The van der Waals surface area contributed by atoms with Gasteiger partial charge in [-0.15, -0.1) is 0 Å². The van der Waals surface area contributed by atoms with Gasteiger partial charge in [0, 0.05) is 6.04 Å². The van der Waals surface area contributed by atoms with E-state index in [1.165, 1.54) is 6.07 Å². The van der Waals surface area contributed by atoms with Crippen LogP contribution in [0.3, 0.4) is 0 Å². The maximum atomic E-state index is 14.3. The zero-order valence-corrected chi connectivity index (χ0v) is 24.6. The topological polar surface area (TPSA) is 108 Å². The number of carbonyl (C=O) groups is 3. The number of anilines is 1. The number of carbonyl (C=O) groups excluding carboxylic acids is 3. The number of amides is 3. The molecule has 8 nitrogen and oxygen atoms in total. The van der Waals surface area contributed by atoms with Crippen LogP contribution in [0.15, 0.2) is 36.4 Å². The molecule has 2 aromatic rings. The van der Waals surface area contributed by atoms with E-state index in [1.54, 1.807) is 56.9 Å². The summed E-state index contributed by atoms with van der Waals surface area (Å²) in [5.74, 6) is -0.924. The van der Waals surface area contributed by atoms with Crippen molar-refractivity contribution in [2.75, 3.05) is 5.32 Å². The van der Waals surface area contributed by atoms with Crippen LogP contribution in [0, 0.1) is 19.8 Å². The molecule has 1 aliphatic carbocycles. The van der Waals surface area contributed by atoms with Gasteiger partial charge in [0.25, 0.3) is 5.91 Å². The molecule has 0 aromatic heterocycles. The van der Waals surface area contributed by atoms with Gasteiger partial charge in [0.1, 0.15) is 23.4 Å². The normalized spacial score (nSPS) is 15.6. The van der Waals surface area contributed by atoms with Crippen molar-refractivity contribution in [2.45, 2.75) is 91.5 Å². The van der Waals surface area contributed by atoms with Crippen molar-refractivity contribution >= 4 is 35.2 Å². The molecule has 3 rings (SSSR count). The number of hydrogen-bond donors (Lipinski definition) is 3. The molecule has 0 heterocycles. The SMILES string of the molecule is CCC(C)C(NC(=O)OC(C)(C)C)C(=O)N(C1CC1)C(C(=O)Nc1c(C)cccc1Cl)c1ccc(O)c(C)c1. The molecule has 212 valence electrons. The van der Waals surface area contributed by atoms with Gasteiger partial charge in [-0.3, -0.25) is 9.59 Å². The van der Waals surface area contributed by atoms with E-state index in [-0.39, 0.29) is 23.6 Å². The Balaban J connectivity index is 2.06. The zero-order chi connectivity index (χ0) is 29.1. The maximum absolute atomic E-state index is 14.3. The van der Waals surface area contributed by atoms with E-state index in [9.17, 15) is 19.5 Å². The molecule has 0 aliphatic heterocycles. The fourth-order valence-electron chi connectivity index (χ4n) is 4.42. The number of ether oxygens (including phenoxy) is 1. The standard InChI is InChI=1S/C30H40ClN3O5/c1-8-17(2)25(33-29(38)39-30(5,6)7)28(37)34(21-13-14-21)26(20-12-15-23(35)19(4)16-20)27(36)32-24-18(3)10-9-11-22(24)31/h9-12,15-17,21,25-26,35H,8,13-14H2,1-7H3,(H,32,36)(H,33,38). The molecule has 0 bridgehead atoms. The minimum absolute atomic E-state index is 0.0910. The highest BCUT2D eigenvalue weighted by atomic mass is 35.5. The van der Waals surface area contributed by atoms with Crippen LogP contribution in [0.2, 0.25) is 5.02 Å². The second-order valence-electron chi connectivity index (χ2n) is 11.4. The number of nitrogens with zero attached hydrogens (tertiary/aromatic N) is 1. The number of para-hydroxylation sites is 1. The van der Waals surface area contributed by atoms with Gasteiger partial charge in [0.2, 0.25) is 5.91 Å². The molecule has 1 fully saturated rings. The van der Waals surface area contributed by atoms with E-state index in [4.69, 9.17) is 16.3 Å². The Morgan fingerprint density at radius 3 is 2.33 bits per heavy atom. The number of phenolic OH excluding ortho intramolecular Hbond substituents is 1. The van der Waals surface area contributed by atoms with Crippen LogP contribution in [0.1, 0.15) is 76.6 Å². The van der Waals surface area contributed by atoms with Crippen LogP contribution < -0.4 is 10.6 Å². The summed E-state index contributed by atoms with van der Waals surface area (Å²) in [7, 11) is 0. The molecule has 1 aliphatic rings. The Morgan fingerprint density at radius 2 is 1.79 bits per heavy atom. The largest absolute Gasteiger partial charge is 0.508 e. The van der Waals surface area contributed by atoms with E-state index in [0.717, 1.165) is 18.4 Å². The molecule has 0 spiro atoms. The average molecular weight is 558 g/mol. The van der Waals surface area contributed by atoms with Crippen molar-refractivity contribution in [3.8, 4) is 5.75 Å². The first-order chi connectivity index (χ1) is 18.2. The smallest absolute Gasteiger partial charge is 0.408 e. The summed E-state index contributed by atoms with van der Waals surface area (Å²) in [6.45, 7) is 12.7. The van der Waals surface area contributed by atoms with Gasteiger partial charge in [-0.25, -0.2) is 4.79 Å². The molecule has 2 aromatic carbocycles. The number of hydrogen-bond acceptors (Lipinski definition) is 5. The Bertz CT molecular complexity index is 1200. The Hall–Kier alpha value is -3.26. The number of rotatable bonds is 9. The Labute approximate surface area is 236 Å². The van der Waals surface area contributed by atoms with Crippen molar-refractivity contribution in [1.29, 1.82) is 0 Å². The summed E-state index contributed by atoms with van der Waals surface area (Å²) in [5, 5.41) is 16.3. The van der Waals surface area contributed by atoms with Crippen molar-refractivity contribution in [1.82, 2.24) is 10.2 Å². The number of halogens is 1. The van der Waals surface area contributed by atoms with Crippen LogP contribution in [-0.4, -0.2) is 45.6 Å². The fourth-order valence-corrected chi connectivity index (χ4v) is 4.69. The van der Waals surface area contributed by atoms with Crippen molar-refractivity contribution < 1.29 is 24.2 Å². The molecule has 3 atom stereocenters. The lowest BCUT2D eigenvalue weighted by atomic mass is 9.95. The van der Waals surface area contributed by atoms with Gasteiger partial charge >= 0.3 is 6.09 Å². The highest BCUT2D eigenvalue weighted by Crippen LogP contribution is 2.38. The molecular formula is C30H40ClN3O5. The third-order valence-corrected chi connectivity index (χ3v) is 7.19. The van der Waals surface area contributed by atoms with Crippen molar-refractivity contribution in [2.24, 2.45) is 5.92 Å². The molecule has 39 heavy (non-hydrogen) atoms. The van der Waals surface area contributed by atoms with Gasteiger partial charge in [-0.05, 0) is 88.3 Å². The van der Waals surface area contributed by atoms with Crippen LogP contribution in [0.25, 0.3) is 0 Å². The van der Waals surface area contributed by atoms with Gasteiger partial charge in [0.05, 0.1) is 10.7 Å². The molecule has 0 radical (unpaired) electrons. The monoisotopic (exact) mass is 557 g/mol. The van der Waals surface area contributed by atoms with E-state index in [0.29, 0.717) is 28.3 Å². The summed E-state index contributed by atoms with van der Waals surface area (Å²) in [6.07, 6.45) is 1.40. The summed E-state index contributed by atoms with van der Waals surface area (Å²) in [5.41, 5.74) is 1.64. The number of nitrogens with one attached hydrogen (secondary N) is 2. The molecule has 3 amide bonds. The number of aryl methyl sites for hydroxylation is 2. The van der Waals surface area contributed by atoms with E-state index < -0.39 is 29.7 Å². The highest BCUT2D eigenvalue weighted by Gasteiger charge is 2.45. The lowest BCUT2D eigenvalue weighted by molar-refractivity contribution is -0.142. The van der Waals surface area contributed by atoms with Crippen LogP contribution in [0.5, 0.6) is 5.75 Å². The maximum Gasteiger partial charge on any atom is 0.408 e. The second-order valence-corrected chi connectivity index (χ2v) is 11.8. The highest BCUT2D eigenvalue weighted by molar-refractivity contribution is 6.34. The van der Waals surface area contributed by atoms with Crippen molar-refractivity contribution in [3.05, 3.63) is 58.1 Å². The van der Waals surface area contributed by atoms with Gasteiger partial charge in [0.15, 0.2) is 0 Å². The third kappa shape index (κ3) is 7.66. The zero-order valence-electron chi connectivity index (χ0n) is 23.8. The lowest BCUT2D eigenvalue weighted by Crippen LogP contribution is -2.55. The summed E-state index contributed by atoms with van der Waals surface area (Å²) in [4.78, 5) is 42.6. The van der Waals surface area contributed by atoms with Crippen LogP contribution >= 0.6 is 11.6 Å². The molecular weight excluding hydrogens is 518 g/mol. The van der Waals surface area contributed by atoms with E-state index in [2.05, 4.69) is 10.6 Å². The van der Waals surface area contributed by atoms with Crippen molar-refractivity contribution in [3.63, 3.8) is 0 Å². The average Bonchev–Trinajstić information content (AvgIpc) is 3.68. The first-order valence-electron chi connectivity index (χ1n) is 13.4. The Morgan fingerprint density at radius 1 is 1.13 bits per heavy atom. The predicted octanol–water partition coefficient (Wildman–Crippen LogP) is 6.27. The van der Waals surface area contributed by atoms with E-state index in [1.807, 2.05) is 26.8 Å². The number of aromatic hydroxyl groups is 1. The second kappa shape index (κ2) is 12.3. The number of phenols is 1. The molecule has 0 saturated heterocycles. The predicted molar refractivity (Wildman–Crippen MR) is 153 cm³/mol. The van der Waals surface area contributed by atoms with Gasteiger partial charge in [-0.1, -0.05) is 50.1 Å². The minimum atomic E-state index is -1.02. The van der Waals surface area contributed by atoms with E-state index >= 15 is 0 Å². The first-order valence-corrected chi connectivity index (χ1v) is 13.8. The molecule has 1 saturated carbocycles. The van der Waals surface area contributed by atoms with Crippen LogP contribution in [0.4, 0.5) is 10.5 Å².